The number of nitrogens with zero attached hydrogens (tertiary/aromatic N) is 2. The van der Waals surface area contributed by atoms with Crippen LogP contribution >= 0.6 is 11.8 Å². The molecule has 1 aliphatic rings. The van der Waals surface area contributed by atoms with Crippen molar-refractivity contribution in [1.82, 2.24) is 10.2 Å². The summed E-state index contributed by atoms with van der Waals surface area (Å²) in [6, 6.07) is 9.83. The first-order valence-corrected chi connectivity index (χ1v) is 9.09. The van der Waals surface area contributed by atoms with Crippen LogP contribution in [-0.4, -0.2) is 22.6 Å². The Labute approximate surface area is 146 Å². The molecule has 1 heterocycles. The number of hydrogen-bond acceptors (Lipinski definition) is 5. The van der Waals surface area contributed by atoms with E-state index < -0.39 is 0 Å². The fourth-order valence-electron chi connectivity index (χ4n) is 2.22. The highest BCUT2D eigenvalue weighted by molar-refractivity contribution is 7.98. The lowest BCUT2D eigenvalue weighted by Gasteiger charge is -2.04. The molecule has 0 bridgehead atoms. The van der Waals surface area contributed by atoms with Gasteiger partial charge in [0.25, 0.3) is 0 Å². The number of benzene rings is 1. The first kappa shape index (κ1) is 16.6. The van der Waals surface area contributed by atoms with E-state index in [0.717, 1.165) is 23.5 Å². The van der Waals surface area contributed by atoms with Crippen molar-refractivity contribution in [3.8, 4) is 5.75 Å². The van der Waals surface area contributed by atoms with Gasteiger partial charge in [0.1, 0.15) is 5.75 Å². The van der Waals surface area contributed by atoms with Crippen LogP contribution in [0.15, 0.2) is 64.6 Å². The van der Waals surface area contributed by atoms with E-state index in [9.17, 15) is 0 Å². The summed E-state index contributed by atoms with van der Waals surface area (Å²) < 4.78 is 11.4. The number of allylic oxidation sites excluding steroid dienone is 6. The number of ether oxygens (including phenoxy) is 1. The second-order valence-corrected chi connectivity index (χ2v) is 6.53. The van der Waals surface area contributed by atoms with Crippen LogP contribution in [0.2, 0.25) is 0 Å². The molecule has 124 valence electrons. The summed E-state index contributed by atoms with van der Waals surface area (Å²) in [5.41, 5.74) is 2.28. The van der Waals surface area contributed by atoms with Gasteiger partial charge in [-0.25, -0.2) is 0 Å². The van der Waals surface area contributed by atoms with E-state index in [4.69, 9.17) is 9.15 Å². The molecule has 0 saturated carbocycles. The van der Waals surface area contributed by atoms with Crippen LogP contribution in [0.25, 0.3) is 5.57 Å². The van der Waals surface area contributed by atoms with Crippen LogP contribution in [0.4, 0.5) is 0 Å². The zero-order valence-electron chi connectivity index (χ0n) is 13.6. The van der Waals surface area contributed by atoms with Crippen molar-refractivity contribution in [3.63, 3.8) is 0 Å². The van der Waals surface area contributed by atoms with Gasteiger partial charge in [-0.1, -0.05) is 48.1 Å². The Balaban J connectivity index is 1.44. The molecule has 0 spiro atoms. The Morgan fingerprint density at radius 3 is 2.92 bits per heavy atom. The van der Waals surface area contributed by atoms with Gasteiger partial charge in [-0.15, -0.1) is 22.0 Å². The standard InChI is InChI=1S/C19H20N2O2S/c1-15-6-5-7-16(11-10-15)19-21-20-18(23-19)14-24-13-12-22-17-8-3-2-4-9-17/h2-6,8-11H,7,12-14H2,1H3. The highest BCUT2D eigenvalue weighted by Crippen LogP contribution is 2.22. The van der Waals surface area contributed by atoms with Crippen molar-refractivity contribution >= 4 is 17.3 Å². The summed E-state index contributed by atoms with van der Waals surface area (Å²) >= 11 is 1.72. The highest BCUT2D eigenvalue weighted by atomic mass is 32.2. The van der Waals surface area contributed by atoms with Gasteiger partial charge in [0.05, 0.1) is 12.4 Å². The fourth-order valence-corrected chi connectivity index (χ4v) is 2.86. The average Bonchev–Trinajstić information content (AvgIpc) is 2.97. The number of thioether (sulfide) groups is 1. The van der Waals surface area contributed by atoms with Crippen LogP contribution in [0, 0.1) is 0 Å². The van der Waals surface area contributed by atoms with E-state index in [2.05, 4.69) is 35.3 Å². The van der Waals surface area contributed by atoms with Crippen molar-refractivity contribution in [2.45, 2.75) is 19.1 Å². The quantitative estimate of drug-likeness (QED) is 0.685. The monoisotopic (exact) mass is 340 g/mol. The van der Waals surface area contributed by atoms with Crippen LogP contribution in [0.1, 0.15) is 25.1 Å². The van der Waals surface area contributed by atoms with Gasteiger partial charge < -0.3 is 9.15 Å². The molecule has 0 saturated heterocycles. The van der Waals surface area contributed by atoms with Crippen LogP contribution in [0.3, 0.4) is 0 Å². The second-order valence-electron chi connectivity index (χ2n) is 5.42. The molecule has 2 aromatic rings. The molecule has 0 radical (unpaired) electrons. The minimum atomic E-state index is 0.613. The normalized spacial score (nSPS) is 14.0. The third-order valence-electron chi connectivity index (χ3n) is 3.47. The number of rotatable bonds is 7. The third-order valence-corrected chi connectivity index (χ3v) is 4.38. The number of para-hydroxylation sites is 1. The molecular formula is C19H20N2O2S. The van der Waals surface area contributed by atoms with Crippen molar-refractivity contribution in [1.29, 1.82) is 0 Å². The summed E-state index contributed by atoms with van der Waals surface area (Å²) in [4.78, 5) is 0. The largest absolute Gasteiger partial charge is 0.493 e. The molecule has 0 atom stereocenters. The van der Waals surface area contributed by atoms with Crippen LogP contribution in [-0.2, 0) is 5.75 Å². The summed E-state index contributed by atoms with van der Waals surface area (Å²) in [5.74, 6) is 3.74. The van der Waals surface area contributed by atoms with Gasteiger partial charge in [0.2, 0.25) is 11.8 Å². The molecule has 5 heteroatoms. The first-order valence-electron chi connectivity index (χ1n) is 7.93. The second kappa shape index (κ2) is 8.55. The van der Waals surface area contributed by atoms with E-state index >= 15 is 0 Å². The van der Waals surface area contributed by atoms with Gasteiger partial charge >= 0.3 is 0 Å². The first-order chi connectivity index (χ1) is 11.8. The van der Waals surface area contributed by atoms with Gasteiger partial charge in [0, 0.05) is 11.3 Å². The summed E-state index contributed by atoms with van der Waals surface area (Å²) in [7, 11) is 0. The van der Waals surface area contributed by atoms with Crippen molar-refractivity contribution < 1.29 is 9.15 Å². The minimum absolute atomic E-state index is 0.613. The zero-order chi connectivity index (χ0) is 16.6. The van der Waals surface area contributed by atoms with Gasteiger partial charge in [-0.3, -0.25) is 0 Å². The number of hydrogen-bond donors (Lipinski definition) is 0. The Morgan fingerprint density at radius 2 is 2.04 bits per heavy atom. The molecule has 0 N–H and O–H groups in total. The molecule has 3 rings (SSSR count). The average molecular weight is 340 g/mol. The molecule has 1 aromatic carbocycles. The Hall–Kier alpha value is -2.27. The van der Waals surface area contributed by atoms with Gasteiger partial charge in [-0.05, 0) is 25.5 Å². The van der Waals surface area contributed by atoms with Crippen LogP contribution < -0.4 is 4.74 Å². The molecule has 0 aliphatic heterocycles. The summed E-state index contributed by atoms with van der Waals surface area (Å²) in [5, 5.41) is 8.29. The van der Waals surface area contributed by atoms with Crippen LogP contribution in [0.5, 0.6) is 5.75 Å². The molecule has 0 fully saturated rings. The molecule has 24 heavy (non-hydrogen) atoms. The SMILES string of the molecule is CC1=CC=C(c2nnc(CSCCOc3ccccc3)o2)CC=C1. The maximum atomic E-state index is 5.76. The highest BCUT2D eigenvalue weighted by Gasteiger charge is 2.11. The predicted molar refractivity (Wildman–Crippen MR) is 97.9 cm³/mol. The number of aromatic nitrogens is 2. The van der Waals surface area contributed by atoms with Gasteiger partial charge in [-0.2, -0.15) is 0 Å². The fraction of sp³-hybridized carbons (Fsp3) is 0.263. The third kappa shape index (κ3) is 4.86. The molecule has 0 amide bonds. The Bertz CT molecular complexity index is 748. The summed E-state index contributed by atoms with van der Waals surface area (Å²) in [6.45, 7) is 2.74. The van der Waals surface area contributed by atoms with E-state index in [1.807, 2.05) is 36.4 Å². The Morgan fingerprint density at radius 1 is 1.17 bits per heavy atom. The lowest BCUT2D eigenvalue weighted by Crippen LogP contribution is -2.00. The lowest BCUT2D eigenvalue weighted by molar-refractivity contribution is 0.344. The topological polar surface area (TPSA) is 48.2 Å². The molecule has 0 unspecified atom stereocenters. The minimum Gasteiger partial charge on any atom is -0.493 e. The van der Waals surface area contributed by atoms with Crippen molar-refractivity contribution in [2.75, 3.05) is 12.4 Å². The lowest BCUT2D eigenvalue weighted by atomic mass is 10.2. The van der Waals surface area contributed by atoms with E-state index in [1.54, 1.807) is 11.8 Å². The Kier molecular flexibility index (Phi) is 5.90. The van der Waals surface area contributed by atoms with Crippen molar-refractivity contribution in [3.05, 3.63) is 72.0 Å². The maximum absolute atomic E-state index is 5.76. The van der Waals surface area contributed by atoms with Crippen molar-refractivity contribution in [2.24, 2.45) is 0 Å². The molecule has 1 aliphatic carbocycles. The van der Waals surface area contributed by atoms with E-state index in [0.29, 0.717) is 24.1 Å². The smallest absolute Gasteiger partial charge is 0.244 e. The molecule has 1 aromatic heterocycles. The summed E-state index contributed by atoms with van der Waals surface area (Å²) in [6.07, 6.45) is 9.15. The maximum Gasteiger partial charge on any atom is 0.244 e. The van der Waals surface area contributed by atoms with E-state index in [-0.39, 0.29) is 0 Å². The predicted octanol–water partition coefficient (Wildman–Crippen LogP) is 4.67. The molecular weight excluding hydrogens is 320 g/mol. The zero-order valence-corrected chi connectivity index (χ0v) is 14.5. The van der Waals surface area contributed by atoms with Gasteiger partial charge in [0.15, 0.2) is 0 Å². The molecule has 4 nitrogen and oxygen atoms in total. The van der Waals surface area contributed by atoms with E-state index in [1.165, 1.54) is 5.57 Å².